The molecule has 9 heteroatoms. The van der Waals surface area contributed by atoms with Crippen LogP contribution in [0.1, 0.15) is 32.1 Å². The summed E-state index contributed by atoms with van der Waals surface area (Å²) in [5.41, 5.74) is -0.131. The highest BCUT2D eigenvalue weighted by molar-refractivity contribution is 7.91. The van der Waals surface area contributed by atoms with Crippen LogP contribution in [0, 0.1) is 21.4 Å². The fraction of sp³-hybridized carbons (Fsp3) is 0.611. The molecule has 0 amide bonds. The van der Waals surface area contributed by atoms with Gasteiger partial charge < -0.3 is 10.0 Å². The maximum Gasteiger partial charge on any atom is 0.310 e. The van der Waals surface area contributed by atoms with Crippen molar-refractivity contribution in [2.75, 3.05) is 29.5 Å². The highest BCUT2D eigenvalue weighted by Crippen LogP contribution is 2.42. The average Bonchev–Trinajstić information content (AvgIpc) is 3.05. The van der Waals surface area contributed by atoms with E-state index in [2.05, 4.69) is 4.90 Å². The number of sulfone groups is 1. The number of carbonyl (C=O) groups is 1. The Bertz CT molecular complexity index is 817. The van der Waals surface area contributed by atoms with E-state index < -0.39 is 26.1 Å². The van der Waals surface area contributed by atoms with Crippen LogP contribution in [0.2, 0.25) is 0 Å². The molecule has 148 valence electrons. The highest BCUT2D eigenvalue weighted by atomic mass is 32.2. The first-order valence-corrected chi connectivity index (χ1v) is 11.0. The molecule has 1 aliphatic heterocycles. The molecule has 1 unspecified atom stereocenters. The Morgan fingerprint density at radius 2 is 1.96 bits per heavy atom. The largest absolute Gasteiger partial charge is 0.481 e. The molecule has 2 aliphatic rings. The molecule has 1 saturated carbocycles. The molecule has 2 fully saturated rings. The van der Waals surface area contributed by atoms with Gasteiger partial charge in [-0.15, -0.1) is 0 Å². The van der Waals surface area contributed by atoms with Crippen molar-refractivity contribution in [1.82, 2.24) is 0 Å². The molecule has 1 aromatic carbocycles. The summed E-state index contributed by atoms with van der Waals surface area (Å²) in [5.74, 6) is -1.02. The van der Waals surface area contributed by atoms with Crippen LogP contribution in [0.15, 0.2) is 24.3 Å². The molecule has 1 N–H and O–H groups in total. The number of hydrogen-bond acceptors (Lipinski definition) is 6. The van der Waals surface area contributed by atoms with Crippen molar-refractivity contribution in [2.45, 2.75) is 32.1 Å². The first-order valence-electron chi connectivity index (χ1n) is 9.14. The lowest BCUT2D eigenvalue weighted by Crippen LogP contribution is -2.44. The van der Waals surface area contributed by atoms with Gasteiger partial charge in [-0.05, 0) is 43.7 Å². The number of rotatable bonds is 8. The van der Waals surface area contributed by atoms with Gasteiger partial charge in [0.15, 0.2) is 9.84 Å². The summed E-state index contributed by atoms with van der Waals surface area (Å²) in [7, 11) is -3.40. The molecule has 1 heterocycles. The lowest BCUT2D eigenvalue weighted by molar-refractivity contribution is -0.384. The third kappa shape index (κ3) is 4.40. The number of carboxylic acids is 1. The Kier molecular flexibility index (Phi) is 5.41. The van der Waals surface area contributed by atoms with Crippen molar-refractivity contribution in [3.63, 3.8) is 0 Å². The molecule has 1 atom stereocenters. The smallest absolute Gasteiger partial charge is 0.310 e. The lowest BCUT2D eigenvalue weighted by Gasteiger charge is -2.37. The van der Waals surface area contributed by atoms with Gasteiger partial charge in [0.05, 0.1) is 21.8 Å². The molecular formula is C18H24N2O6S. The SMILES string of the molecule is O=C(O)C1(CS(=O)(=O)CCC2CCN(c3ccc([N+](=O)[O-])cc3)C2)CCC1. The molecule has 0 aromatic heterocycles. The minimum Gasteiger partial charge on any atom is -0.481 e. The van der Waals surface area contributed by atoms with Crippen LogP contribution in [0.25, 0.3) is 0 Å². The van der Waals surface area contributed by atoms with Crippen LogP contribution >= 0.6 is 0 Å². The predicted octanol–water partition coefficient (Wildman–Crippen LogP) is 2.48. The second-order valence-electron chi connectivity index (χ2n) is 7.69. The van der Waals surface area contributed by atoms with Gasteiger partial charge in [-0.2, -0.15) is 0 Å². The van der Waals surface area contributed by atoms with Gasteiger partial charge in [0.2, 0.25) is 0 Å². The summed E-state index contributed by atoms with van der Waals surface area (Å²) in [6.45, 7) is 1.49. The Balaban J connectivity index is 1.52. The Morgan fingerprint density at radius 1 is 1.30 bits per heavy atom. The monoisotopic (exact) mass is 396 g/mol. The third-order valence-electron chi connectivity index (χ3n) is 5.81. The Hall–Kier alpha value is -2.16. The van der Waals surface area contributed by atoms with Gasteiger partial charge in [-0.25, -0.2) is 8.42 Å². The fourth-order valence-electron chi connectivity index (χ4n) is 3.95. The number of carboxylic acid groups (broad SMARTS) is 1. The summed E-state index contributed by atoms with van der Waals surface area (Å²) in [4.78, 5) is 23.8. The number of benzene rings is 1. The summed E-state index contributed by atoms with van der Waals surface area (Å²) in [5, 5.41) is 20.1. The van der Waals surface area contributed by atoms with Gasteiger partial charge in [0, 0.05) is 30.9 Å². The number of nitrogens with zero attached hydrogens (tertiary/aromatic N) is 2. The van der Waals surface area contributed by atoms with Crippen molar-refractivity contribution < 1.29 is 23.2 Å². The van der Waals surface area contributed by atoms with Crippen molar-refractivity contribution >= 4 is 27.2 Å². The van der Waals surface area contributed by atoms with Crippen molar-refractivity contribution in [1.29, 1.82) is 0 Å². The standard InChI is InChI=1S/C18H24N2O6S/c21-17(22)18(8-1-9-18)13-27(25,26)11-7-14-6-10-19(12-14)15-2-4-16(5-3-15)20(23)24/h2-5,14H,1,6-13H2,(H,21,22). The Morgan fingerprint density at radius 3 is 2.48 bits per heavy atom. The van der Waals surface area contributed by atoms with Gasteiger partial charge in [0.25, 0.3) is 5.69 Å². The average molecular weight is 396 g/mol. The van der Waals surface area contributed by atoms with Crippen molar-refractivity contribution in [3.8, 4) is 0 Å². The van der Waals surface area contributed by atoms with E-state index in [-0.39, 0.29) is 23.1 Å². The molecule has 0 bridgehead atoms. The van der Waals surface area contributed by atoms with E-state index in [0.717, 1.165) is 25.1 Å². The van der Waals surface area contributed by atoms with E-state index in [1.807, 2.05) is 0 Å². The maximum atomic E-state index is 12.4. The summed E-state index contributed by atoms with van der Waals surface area (Å²) in [6, 6.07) is 6.36. The highest BCUT2D eigenvalue weighted by Gasteiger charge is 2.47. The normalized spacial score (nSPS) is 21.6. The Labute approximate surface area is 158 Å². The number of aliphatic carboxylic acids is 1. The predicted molar refractivity (Wildman–Crippen MR) is 101 cm³/mol. The second-order valence-corrected chi connectivity index (χ2v) is 9.88. The zero-order chi connectivity index (χ0) is 19.7. The van der Waals surface area contributed by atoms with Crippen molar-refractivity contribution in [3.05, 3.63) is 34.4 Å². The van der Waals surface area contributed by atoms with E-state index >= 15 is 0 Å². The minimum absolute atomic E-state index is 0.0147. The van der Waals surface area contributed by atoms with Gasteiger partial charge in [0.1, 0.15) is 0 Å². The van der Waals surface area contributed by atoms with E-state index in [1.165, 1.54) is 12.1 Å². The van der Waals surface area contributed by atoms with Crippen LogP contribution in [-0.4, -0.2) is 49.0 Å². The molecular weight excluding hydrogens is 372 g/mol. The van der Waals surface area contributed by atoms with E-state index in [1.54, 1.807) is 12.1 Å². The molecule has 0 radical (unpaired) electrons. The van der Waals surface area contributed by atoms with E-state index in [9.17, 15) is 28.4 Å². The van der Waals surface area contributed by atoms with E-state index in [4.69, 9.17) is 0 Å². The van der Waals surface area contributed by atoms with E-state index in [0.29, 0.717) is 25.8 Å². The number of hydrogen-bond donors (Lipinski definition) is 1. The number of nitro groups is 1. The van der Waals surface area contributed by atoms with Gasteiger partial charge >= 0.3 is 5.97 Å². The third-order valence-corrected chi connectivity index (χ3v) is 7.66. The molecule has 27 heavy (non-hydrogen) atoms. The molecule has 3 rings (SSSR count). The van der Waals surface area contributed by atoms with Crippen LogP contribution in [-0.2, 0) is 14.6 Å². The van der Waals surface area contributed by atoms with Gasteiger partial charge in [-0.1, -0.05) is 6.42 Å². The first kappa shape index (κ1) is 19.6. The number of non-ortho nitro benzene ring substituents is 1. The van der Waals surface area contributed by atoms with Crippen LogP contribution in [0.5, 0.6) is 0 Å². The lowest BCUT2D eigenvalue weighted by atomic mass is 9.70. The molecule has 8 nitrogen and oxygen atoms in total. The maximum absolute atomic E-state index is 12.4. The fourth-order valence-corrected chi connectivity index (χ4v) is 6.04. The quantitative estimate of drug-likeness (QED) is 0.530. The number of anilines is 1. The molecule has 1 saturated heterocycles. The summed E-state index contributed by atoms with van der Waals surface area (Å²) in [6.07, 6.45) is 3.03. The van der Waals surface area contributed by atoms with Gasteiger partial charge in [-0.3, -0.25) is 14.9 Å². The number of nitro benzene ring substituents is 1. The van der Waals surface area contributed by atoms with Crippen molar-refractivity contribution in [2.24, 2.45) is 11.3 Å². The first-order chi connectivity index (χ1) is 12.7. The molecule has 1 aromatic rings. The zero-order valence-electron chi connectivity index (χ0n) is 15.0. The molecule has 0 spiro atoms. The minimum atomic E-state index is -3.40. The summed E-state index contributed by atoms with van der Waals surface area (Å²) >= 11 is 0. The summed E-state index contributed by atoms with van der Waals surface area (Å²) < 4.78 is 24.8. The van der Waals surface area contributed by atoms with Crippen LogP contribution in [0.4, 0.5) is 11.4 Å². The molecule has 1 aliphatic carbocycles. The van der Waals surface area contributed by atoms with Crippen LogP contribution < -0.4 is 4.90 Å². The second kappa shape index (κ2) is 7.46. The topological polar surface area (TPSA) is 118 Å². The zero-order valence-corrected chi connectivity index (χ0v) is 15.9. The van der Waals surface area contributed by atoms with Crippen LogP contribution in [0.3, 0.4) is 0 Å².